The number of carbonyl (C=O) groups is 3. The van der Waals surface area contributed by atoms with Crippen LogP contribution in [-0.4, -0.2) is 29.0 Å². The van der Waals surface area contributed by atoms with Crippen molar-refractivity contribution in [2.45, 2.75) is 41.9 Å². The van der Waals surface area contributed by atoms with E-state index in [1.54, 1.807) is 56.8 Å². The van der Waals surface area contributed by atoms with Crippen LogP contribution in [0.5, 0.6) is 0 Å². The van der Waals surface area contributed by atoms with Crippen molar-refractivity contribution in [1.82, 2.24) is 0 Å². The Morgan fingerprint density at radius 1 is 0.714 bits per heavy atom. The highest BCUT2D eigenvalue weighted by Crippen LogP contribution is 2.29. The van der Waals surface area contributed by atoms with Crippen LogP contribution in [0.1, 0.15) is 53.5 Å². The molecule has 0 aliphatic carbocycles. The van der Waals surface area contributed by atoms with Gasteiger partial charge in [0.1, 0.15) is 5.71 Å². The maximum atomic E-state index is 13.4. The van der Waals surface area contributed by atoms with Crippen molar-refractivity contribution in [3.63, 3.8) is 0 Å². The highest BCUT2D eigenvalue weighted by atomic mass is 35.5. The molecule has 0 aliphatic heterocycles. The Morgan fingerprint density at radius 2 is 1.24 bits per heavy atom. The molecule has 4 aromatic rings. The van der Waals surface area contributed by atoms with Gasteiger partial charge in [0.2, 0.25) is 5.78 Å². The fourth-order valence-corrected chi connectivity index (χ4v) is 5.44. The normalized spacial score (nSPS) is 11.7. The fourth-order valence-electron chi connectivity index (χ4n) is 3.64. The average Bonchev–Trinajstić information content (AvgIpc) is 2.99. The Bertz CT molecular complexity index is 1560. The monoisotopic (exact) mass is 615 g/mol. The van der Waals surface area contributed by atoms with Gasteiger partial charge in [-0.1, -0.05) is 58.9 Å². The number of carbonyl (C=O) groups excluding carboxylic acids is 3. The minimum absolute atomic E-state index is 0.0211. The van der Waals surface area contributed by atoms with E-state index in [0.717, 1.165) is 14.7 Å². The lowest BCUT2D eigenvalue weighted by Gasteiger charge is -2.14. The van der Waals surface area contributed by atoms with E-state index in [2.05, 4.69) is 5.16 Å². The predicted molar refractivity (Wildman–Crippen MR) is 171 cm³/mol. The molecule has 0 amide bonds. The van der Waals surface area contributed by atoms with E-state index in [-0.39, 0.29) is 17.3 Å². The van der Waals surface area contributed by atoms with Gasteiger partial charge in [0.25, 0.3) is 0 Å². The molecule has 0 unspecified atom stereocenters. The third-order valence-corrected chi connectivity index (χ3v) is 8.32. The van der Waals surface area contributed by atoms with E-state index < -0.39 is 11.4 Å². The first-order valence-electron chi connectivity index (χ1n) is 13.3. The van der Waals surface area contributed by atoms with Gasteiger partial charge >= 0.3 is 5.97 Å². The van der Waals surface area contributed by atoms with E-state index in [4.69, 9.17) is 16.4 Å². The molecule has 0 radical (unpaired) electrons. The number of halogens is 1. The zero-order valence-corrected chi connectivity index (χ0v) is 25.9. The summed E-state index contributed by atoms with van der Waals surface area (Å²) in [6.07, 6.45) is 0.314. The van der Waals surface area contributed by atoms with E-state index >= 15 is 0 Å². The fraction of sp³-hybridized carbons (Fsp3) is 0.176. The average molecular weight is 616 g/mol. The minimum Gasteiger partial charge on any atom is -0.317 e. The number of benzene rings is 4. The SMILES string of the molecule is CC(C)(C)C(=O)O/N=C(\CCSc1ccc(Cl)cc1)C(=O)c1ccc(Sc2ccc(C(=O)c3ccccc3)cc2)cc1. The van der Waals surface area contributed by atoms with Gasteiger partial charge in [-0.25, -0.2) is 4.79 Å². The van der Waals surface area contributed by atoms with Crippen LogP contribution in [0.3, 0.4) is 0 Å². The Balaban J connectivity index is 1.42. The maximum absolute atomic E-state index is 13.4. The number of hydrogen-bond donors (Lipinski definition) is 0. The predicted octanol–water partition coefficient (Wildman–Crippen LogP) is 9.03. The Kier molecular flexibility index (Phi) is 10.8. The van der Waals surface area contributed by atoms with E-state index in [1.807, 2.05) is 78.9 Å². The third kappa shape index (κ3) is 8.92. The molecule has 0 saturated carbocycles. The smallest absolute Gasteiger partial charge is 0.317 e. The molecule has 0 aromatic heterocycles. The molecule has 42 heavy (non-hydrogen) atoms. The van der Waals surface area contributed by atoms with Crippen LogP contribution in [-0.2, 0) is 9.63 Å². The van der Waals surface area contributed by atoms with E-state index in [1.165, 1.54) is 11.8 Å². The molecule has 0 bridgehead atoms. The molecule has 214 valence electrons. The van der Waals surface area contributed by atoms with Crippen molar-refractivity contribution in [2.24, 2.45) is 10.6 Å². The number of oxime groups is 1. The lowest BCUT2D eigenvalue weighted by atomic mass is 9.98. The largest absolute Gasteiger partial charge is 0.340 e. The quantitative estimate of drug-likeness (QED) is 0.0551. The Hall–Kier alpha value is -3.65. The standard InChI is InChI=1S/C34H30ClNO4S2/c1-34(2,3)33(39)40-36-30(21-22-41-27-19-13-26(35)14-20-27)32(38)25-11-17-29(18-12-25)42-28-15-9-24(10-16-28)31(37)23-7-5-4-6-8-23/h4-20H,21-22H2,1-3H3/b36-30+. The van der Waals surface area contributed by atoms with Crippen molar-refractivity contribution in [3.05, 3.63) is 125 Å². The highest BCUT2D eigenvalue weighted by Gasteiger charge is 2.25. The van der Waals surface area contributed by atoms with Gasteiger partial charge < -0.3 is 4.84 Å². The van der Waals surface area contributed by atoms with Crippen LogP contribution in [0, 0.1) is 5.41 Å². The molecule has 0 aliphatic rings. The lowest BCUT2D eigenvalue weighted by molar-refractivity contribution is -0.152. The van der Waals surface area contributed by atoms with Crippen molar-refractivity contribution in [3.8, 4) is 0 Å². The first-order chi connectivity index (χ1) is 20.1. The molecule has 0 N–H and O–H groups in total. The molecule has 0 fully saturated rings. The summed E-state index contributed by atoms with van der Waals surface area (Å²) in [6, 6.07) is 31.3. The molecule has 0 spiro atoms. The summed E-state index contributed by atoms with van der Waals surface area (Å²) in [6.45, 7) is 5.19. The van der Waals surface area contributed by atoms with Crippen molar-refractivity contribution in [1.29, 1.82) is 0 Å². The molecule has 0 heterocycles. The van der Waals surface area contributed by atoms with Gasteiger partial charge in [0.05, 0.1) is 5.41 Å². The summed E-state index contributed by atoms with van der Waals surface area (Å²) in [5, 5.41) is 4.65. The number of thioether (sulfide) groups is 1. The zero-order chi connectivity index (χ0) is 30.1. The first kappa shape index (κ1) is 31.3. The van der Waals surface area contributed by atoms with Crippen LogP contribution in [0.25, 0.3) is 0 Å². The van der Waals surface area contributed by atoms with Gasteiger partial charge in [0, 0.05) is 48.6 Å². The van der Waals surface area contributed by atoms with E-state index in [0.29, 0.717) is 33.9 Å². The van der Waals surface area contributed by atoms with Crippen molar-refractivity contribution >= 4 is 58.4 Å². The van der Waals surface area contributed by atoms with Crippen molar-refractivity contribution < 1.29 is 19.2 Å². The number of hydrogen-bond acceptors (Lipinski definition) is 7. The van der Waals surface area contributed by atoms with Gasteiger partial charge in [-0.15, -0.1) is 11.8 Å². The van der Waals surface area contributed by atoms with Gasteiger partial charge in [-0.2, -0.15) is 0 Å². The van der Waals surface area contributed by atoms with Crippen LogP contribution in [0.15, 0.2) is 123 Å². The van der Waals surface area contributed by atoms with Crippen LogP contribution in [0.2, 0.25) is 5.02 Å². The minimum atomic E-state index is -0.748. The number of Topliss-reactive ketones (excluding diaryl/α,β-unsaturated/α-hetero) is 1. The second-order valence-corrected chi connectivity index (χ2v) is 13.1. The summed E-state index contributed by atoms with van der Waals surface area (Å²) in [5.41, 5.74) is 1.15. The van der Waals surface area contributed by atoms with Crippen LogP contribution in [0.4, 0.5) is 0 Å². The number of ketones is 2. The van der Waals surface area contributed by atoms with Crippen LogP contribution < -0.4 is 0 Å². The highest BCUT2D eigenvalue weighted by molar-refractivity contribution is 7.99. The number of nitrogens with zero attached hydrogens (tertiary/aromatic N) is 1. The summed E-state index contributed by atoms with van der Waals surface area (Å²) in [7, 11) is 0. The summed E-state index contributed by atoms with van der Waals surface area (Å²) >= 11 is 9.06. The molecular weight excluding hydrogens is 586 g/mol. The second kappa shape index (κ2) is 14.5. The van der Waals surface area contributed by atoms with Gasteiger partial charge in [0.15, 0.2) is 5.78 Å². The lowest BCUT2D eigenvalue weighted by Crippen LogP contribution is -2.23. The second-order valence-electron chi connectivity index (χ2n) is 10.4. The summed E-state index contributed by atoms with van der Waals surface area (Å²) in [4.78, 5) is 46.5. The first-order valence-corrected chi connectivity index (χ1v) is 15.5. The molecule has 8 heteroatoms. The Morgan fingerprint density at radius 3 is 1.81 bits per heavy atom. The molecule has 4 aromatic carbocycles. The summed E-state index contributed by atoms with van der Waals surface area (Å²) < 4.78 is 0. The molecule has 0 atom stereocenters. The van der Waals surface area contributed by atoms with Crippen molar-refractivity contribution in [2.75, 3.05) is 5.75 Å². The third-order valence-electron chi connectivity index (χ3n) is 6.04. The molecule has 0 saturated heterocycles. The topological polar surface area (TPSA) is 72.8 Å². The van der Waals surface area contributed by atoms with Gasteiger partial charge in [-0.05, 0) is 93.6 Å². The summed E-state index contributed by atoms with van der Waals surface area (Å²) in [5.74, 6) is -0.266. The maximum Gasteiger partial charge on any atom is 0.340 e. The Labute approximate surface area is 259 Å². The van der Waals surface area contributed by atoms with E-state index in [9.17, 15) is 14.4 Å². The zero-order valence-electron chi connectivity index (χ0n) is 23.5. The van der Waals surface area contributed by atoms with Crippen LogP contribution >= 0.6 is 35.1 Å². The van der Waals surface area contributed by atoms with Gasteiger partial charge in [-0.3, -0.25) is 9.59 Å². The molecule has 4 rings (SSSR count). The molecular formula is C34H30ClNO4S2. The number of rotatable bonds is 11. The molecule has 5 nitrogen and oxygen atoms in total.